The maximum absolute atomic E-state index is 10.6. The molecule has 0 amide bonds. The van der Waals surface area contributed by atoms with Gasteiger partial charge in [0.25, 0.3) is 0 Å². The molecule has 1 aliphatic heterocycles. The maximum atomic E-state index is 10.6. The summed E-state index contributed by atoms with van der Waals surface area (Å²) in [6, 6.07) is 0. The lowest BCUT2D eigenvalue weighted by atomic mass is 9.93. The Labute approximate surface area is 72.0 Å². The summed E-state index contributed by atoms with van der Waals surface area (Å²) in [7, 11) is 1.84. The lowest BCUT2D eigenvalue weighted by Crippen LogP contribution is -2.19. The highest BCUT2D eigenvalue weighted by molar-refractivity contribution is 5.75. The van der Waals surface area contributed by atoms with Crippen LogP contribution in [0.1, 0.15) is 6.92 Å². The molecular weight excluding hydrogens is 154 g/mol. The Hall–Kier alpha value is -1.09. The number of hydrogen-bond acceptors (Lipinski definition) is 3. The van der Waals surface area contributed by atoms with E-state index in [1.807, 2.05) is 20.2 Å². The molecule has 0 radical (unpaired) electrons. The van der Waals surface area contributed by atoms with Crippen molar-refractivity contribution in [1.29, 1.82) is 0 Å². The first-order valence-corrected chi connectivity index (χ1v) is 3.89. The van der Waals surface area contributed by atoms with Gasteiger partial charge in [-0.2, -0.15) is 0 Å². The molecule has 0 aromatic rings. The number of aldehydes is 1. The third-order valence-corrected chi connectivity index (χ3v) is 2.10. The molecule has 0 bridgehead atoms. The third kappa shape index (κ3) is 1.56. The highest BCUT2D eigenvalue weighted by Crippen LogP contribution is 2.22. The first-order chi connectivity index (χ1) is 5.69. The number of carbonyl (C=O) groups is 1. The van der Waals surface area contributed by atoms with Crippen LogP contribution in [0.2, 0.25) is 0 Å². The summed E-state index contributed by atoms with van der Waals surface area (Å²) in [5.41, 5.74) is 1.59. The minimum absolute atomic E-state index is 0.0106. The van der Waals surface area contributed by atoms with Crippen LogP contribution in [-0.4, -0.2) is 29.9 Å². The Balaban J connectivity index is 2.89. The van der Waals surface area contributed by atoms with Crippen LogP contribution in [0.15, 0.2) is 23.5 Å². The molecule has 0 saturated heterocycles. The van der Waals surface area contributed by atoms with E-state index in [1.165, 1.54) is 0 Å². The molecule has 1 rings (SSSR count). The molecule has 1 heterocycles. The fourth-order valence-corrected chi connectivity index (χ4v) is 1.28. The number of hydrogen-bond donors (Lipinski definition) is 1. The SMILES string of the molecule is CC1C(C=O)=CN(C)C=C1CO. The highest BCUT2D eigenvalue weighted by atomic mass is 16.3. The van der Waals surface area contributed by atoms with Crippen LogP contribution in [0.25, 0.3) is 0 Å². The van der Waals surface area contributed by atoms with E-state index >= 15 is 0 Å². The lowest BCUT2D eigenvalue weighted by Gasteiger charge is -2.23. The number of carbonyl (C=O) groups excluding carboxylic acids is 1. The third-order valence-electron chi connectivity index (χ3n) is 2.10. The van der Waals surface area contributed by atoms with Crippen molar-refractivity contribution < 1.29 is 9.90 Å². The Bertz CT molecular complexity index is 243. The van der Waals surface area contributed by atoms with Crippen molar-refractivity contribution in [2.45, 2.75) is 6.92 Å². The molecule has 0 aliphatic carbocycles. The summed E-state index contributed by atoms with van der Waals surface area (Å²) in [5, 5.41) is 8.95. The topological polar surface area (TPSA) is 40.5 Å². The van der Waals surface area contributed by atoms with Gasteiger partial charge in [0.05, 0.1) is 6.61 Å². The molecule has 1 unspecified atom stereocenters. The number of aliphatic hydroxyl groups excluding tert-OH is 1. The van der Waals surface area contributed by atoms with E-state index < -0.39 is 0 Å². The molecule has 0 fully saturated rings. The quantitative estimate of drug-likeness (QED) is 0.610. The second-order valence-electron chi connectivity index (χ2n) is 3.00. The van der Waals surface area contributed by atoms with Gasteiger partial charge < -0.3 is 10.0 Å². The van der Waals surface area contributed by atoms with Crippen LogP contribution in [0.4, 0.5) is 0 Å². The molecule has 12 heavy (non-hydrogen) atoms. The summed E-state index contributed by atoms with van der Waals surface area (Å²) in [4.78, 5) is 12.4. The molecule has 0 spiro atoms. The van der Waals surface area contributed by atoms with Crippen LogP contribution in [0.5, 0.6) is 0 Å². The van der Waals surface area contributed by atoms with Crippen LogP contribution in [0.3, 0.4) is 0 Å². The van der Waals surface area contributed by atoms with Crippen LogP contribution >= 0.6 is 0 Å². The van der Waals surface area contributed by atoms with Crippen molar-refractivity contribution >= 4 is 6.29 Å². The van der Waals surface area contributed by atoms with E-state index in [9.17, 15) is 4.79 Å². The van der Waals surface area contributed by atoms with Crippen molar-refractivity contribution in [2.24, 2.45) is 5.92 Å². The average Bonchev–Trinajstić information content (AvgIpc) is 2.08. The van der Waals surface area contributed by atoms with Gasteiger partial charge in [0, 0.05) is 30.9 Å². The smallest absolute Gasteiger partial charge is 0.148 e. The Kier molecular flexibility index (Phi) is 2.65. The van der Waals surface area contributed by atoms with Gasteiger partial charge in [-0.3, -0.25) is 4.79 Å². The fraction of sp³-hybridized carbons (Fsp3) is 0.444. The van der Waals surface area contributed by atoms with Gasteiger partial charge in [-0.1, -0.05) is 6.92 Å². The Morgan fingerprint density at radius 3 is 2.83 bits per heavy atom. The molecule has 3 heteroatoms. The lowest BCUT2D eigenvalue weighted by molar-refractivity contribution is -0.105. The zero-order valence-electron chi connectivity index (χ0n) is 7.32. The van der Waals surface area contributed by atoms with Crippen LogP contribution in [-0.2, 0) is 4.79 Å². The van der Waals surface area contributed by atoms with E-state index in [4.69, 9.17) is 5.11 Å². The normalized spacial score (nSPS) is 23.2. The molecule has 1 N–H and O–H groups in total. The van der Waals surface area contributed by atoms with Crippen LogP contribution < -0.4 is 0 Å². The molecule has 3 nitrogen and oxygen atoms in total. The van der Waals surface area contributed by atoms with Gasteiger partial charge in [-0.25, -0.2) is 0 Å². The van der Waals surface area contributed by atoms with E-state index in [-0.39, 0.29) is 12.5 Å². The molecule has 0 aromatic carbocycles. The molecule has 1 aliphatic rings. The van der Waals surface area contributed by atoms with Crippen molar-refractivity contribution in [3.63, 3.8) is 0 Å². The first-order valence-electron chi connectivity index (χ1n) is 3.89. The van der Waals surface area contributed by atoms with Gasteiger partial charge in [-0.05, 0) is 5.57 Å². The number of rotatable bonds is 2. The molecule has 66 valence electrons. The monoisotopic (exact) mass is 167 g/mol. The predicted molar refractivity (Wildman–Crippen MR) is 46.2 cm³/mol. The molecular formula is C9H13NO2. The summed E-state index contributed by atoms with van der Waals surface area (Å²) >= 11 is 0. The van der Waals surface area contributed by atoms with Crippen molar-refractivity contribution in [1.82, 2.24) is 4.90 Å². The minimum atomic E-state index is 0.0106. The number of nitrogens with zero attached hydrogens (tertiary/aromatic N) is 1. The average molecular weight is 167 g/mol. The maximum Gasteiger partial charge on any atom is 0.148 e. The van der Waals surface area contributed by atoms with E-state index in [0.717, 1.165) is 11.9 Å². The van der Waals surface area contributed by atoms with E-state index in [2.05, 4.69) is 0 Å². The standard InChI is InChI=1S/C9H13NO2/c1-7-8(5-11)3-10(2)4-9(7)6-12/h3-5,7,12H,6H2,1-2H3. The summed E-state index contributed by atoms with van der Waals surface area (Å²) < 4.78 is 0. The summed E-state index contributed by atoms with van der Waals surface area (Å²) in [6.07, 6.45) is 4.46. The first kappa shape index (κ1) is 9.00. The zero-order chi connectivity index (χ0) is 9.14. The molecule has 0 aromatic heterocycles. The molecule has 0 saturated carbocycles. The Morgan fingerprint density at radius 1 is 1.67 bits per heavy atom. The van der Waals surface area contributed by atoms with Crippen LogP contribution in [0, 0.1) is 5.92 Å². The van der Waals surface area contributed by atoms with Gasteiger partial charge in [0.2, 0.25) is 0 Å². The largest absolute Gasteiger partial charge is 0.392 e. The van der Waals surface area contributed by atoms with Crippen molar-refractivity contribution in [3.8, 4) is 0 Å². The number of allylic oxidation sites excluding steroid dienone is 1. The zero-order valence-corrected chi connectivity index (χ0v) is 7.32. The van der Waals surface area contributed by atoms with E-state index in [0.29, 0.717) is 5.57 Å². The highest BCUT2D eigenvalue weighted by Gasteiger charge is 2.17. The van der Waals surface area contributed by atoms with Crippen molar-refractivity contribution in [3.05, 3.63) is 23.5 Å². The summed E-state index contributed by atoms with van der Waals surface area (Å²) in [6.45, 7) is 1.92. The molecule has 1 atom stereocenters. The van der Waals surface area contributed by atoms with Gasteiger partial charge >= 0.3 is 0 Å². The number of aliphatic hydroxyl groups is 1. The Morgan fingerprint density at radius 2 is 2.33 bits per heavy atom. The van der Waals surface area contributed by atoms with Gasteiger partial charge in [-0.15, -0.1) is 0 Å². The van der Waals surface area contributed by atoms with Crippen molar-refractivity contribution in [2.75, 3.05) is 13.7 Å². The van der Waals surface area contributed by atoms with E-state index in [1.54, 1.807) is 11.1 Å². The minimum Gasteiger partial charge on any atom is -0.392 e. The fourth-order valence-electron chi connectivity index (χ4n) is 1.28. The predicted octanol–water partition coefficient (Wildman–Crippen LogP) is 0.527. The second-order valence-corrected chi connectivity index (χ2v) is 3.00. The summed E-state index contributed by atoms with van der Waals surface area (Å²) in [5.74, 6) is 0.0451. The van der Waals surface area contributed by atoms with Gasteiger partial charge in [0.15, 0.2) is 0 Å². The second kappa shape index (κ2) is 3.54. The van der Waals surface area contributed by atoms with Gasteiger partial charge in [0.1, 0.15) is 6.29 Å².